The predicted octanol–water partition coefficient (Wildman–Crippen LogP) is 4.75. The van der Waals surface area contributed by atoms with E-state index in [1.165, 1.54) is 15.9 Å². The molecule has 2 aromatic heterocycles. The third-order valence-corrected chi connectivity index (χ3v) is 6.27. The van der Waals surface area contributed by atoms with Gasteiger partial charge in [0.1, 0.15) is 10.9 Å². The molecule has 2 heterocycles. The third-order valence-electron chi connectivity index (χ3n) is 4.77. The minimum absolute atomic E-state index is 0.229. The van der Waals surface area contributed by atoms with Crippen LogP contribution in [0.4, 0.5) is 5.69 Å². The van der Waals surface area contributed by atoms with E-state index in [4.69, 9.17) is 12.2 Å². The molecule has 27 heavy (non-hydrogen) atoms. The van der Waals surface area contributed by atoms with E-state index in [-0.39, 0.29) is 16.2 Å². The first-order valence-corrected chi connectivity index (χ1v) is 10.3. The number of nitrogens with one attached hydrogen (secondary N) is 2. The van der Waals surface area contributed by atoms with Crippen LogP contribution >= 0.6 is 23.6 Å². The van der Waals surface area contributed by atoms with E-state index in [0.29, 0.717) is 5.39 Å². The molecule has 7 heteroatoms. The van der Waals surface area contributed by atoms with Crippen molar-refractivity contribution in [1.82, 2.24) is 9.55 Å². The summed E-state index contributed by atoms with van der Waals surface area (Å²) >= 11 is 6.91. The van der Waals surface area contributed by atoms with Crippen LogP contribution in [0.5, 0.6) is 0 Å². The zero-order valence-electron chi connectivity index (χ0n) is 15.9. The highest BCUT2D eigenvalue weighted by atomic mass is 32.1. The summed E-state index contributed by atoms with van der Waals surface area (Å²) in [5.41, 5.74) is 2.64. The summed E-state index contributed by atoms with van der Waals surface area (Å²) in [5.74, 6) is -0.258. The zero-order valence-corrected chi connectivity index (χ0v) is 17.5. The molecule has 1 aromatic carbocycles. The van der Waals surface area contributed by atoms with Crippen LogP contribution < -0.4 is 10.9 Å². The average molecular weight is 402 g/mol. The van der Waals surface area contributed by atoms with Crippen molar-refractivity contribution in [3.8, 4) is 0 Å². The van der Waals surface area contributed by atoms with Crippen molar-refractivity contribution in [2.45, 2.75) is 46.6 Å². The lowest BCUT2D eigenvalue weighted by molar-refractivity contribution is -0.118. The minimum Gasteiger partial charge on any atom is -0.324 e. The van der Waals surface area contributed by atoms with Gasteiger partial charge < -0.3 is 10.3 Å². The first-order valence-electron chi connectivity index (χ1n) is 9.03. The van der Waals surface area contributed by atoms with E-state index in [0.717, 1.165) is 39.4 Å². The smallest absolute Gasteiger partial charge is 0.263 e. The van der Waals surface area contributed by atoms with Gasteiger partial charge in [-0.15, -0.1) is 11.3 Å². The van der Waals surface area contributed by atoms with Crippen LogP contribution in [0.3, 0.4) is 0 Å². The molecule has 0 aliphatic carbocycles. The number of amides is 1. The molecule has 0 aliphatic rings. The van der Waals surface area contributed by atoms with Crippen molar-refractivity contribution < 1.29 is 4.79 Å². The number of carbonyl (C=O) groups excluding carboxylic acids is 1. The van der Waals surface area contributed by atoms with Crippen molar-refractivity contribution >= 4 is 45.4 Å². The second-order valence-electron chi connectivity index (χ2n) is 6.54. The molecule has 1 unspecified atom stereocenters. The summed E-state index contributed by atoms with van der Waals surface area (Å²) in [5, 5.41) is 3.57. The van der Waals surface area contributed by atoms with Crippen molar-refractivity contribution in [3.05, 3.63) is 55.4 Å². The molecule has 1 atom stereocenters. The fraction of sp³-hybridized carbons (Fsp3) is 0.350. The van der Waals surface area contributed by atoms with E-state index in [1.54, 1.807) is 6.92 Å². The average Bonchev–Trinajstić information content (AvgIpc) is 3.06. The lowest BCUT2D eigenvalue weighted by Gasteiger charge is -2.18. The van der Waals surface area contributed by atoms with Crippen LogP contribution in [-0.2, 0) is 17.6 Å². The van der Waals surface area contributed by atoms with Crippen LogP contribution in [0, 0.1) is 11.7 Å². The van der Waals surface area contributed by atoms with E-state index in [9.17, 15) is 9.59 Å². The first-order chi connectivity index (χ1) is 12.9. The molecule has 5 nitrogen and oxygen atoms in total. The summed E-state index contributed by atoms with van der Waals surface area (Å²) in [7, 11) is 0. The van der Waals surface area contributed by atoms with Gasteiger partial charge in [-0.25, -0.2) is 0 Å². The van der Waals surface area contributed by atoms with E-state index >= 15 is 0 Å². The highest BCUT2D eigenvalue weighted by Crippen LogP contribution is 2.24. The third kappa shape index (κ3) is 3.61. The Morgan fingerprint density at radius 1 is 1.33 bits per heavy atom. The Bertz CT molecular complexity index is 1120. The van der Waals surface area contributed by atoms with Gasteiger partial charge in [0.2, 0.25) is 5.91 Å². The van der Waals surface area contributed by atoms with E-state index in [2.05, 4.69) is 10.3 Å². The van der Waals surface area contributed by atoms with Crippen LogP contribution in [-0.4, -0.2) is 15.5 Å². The summed E-state index contributed by atoms with van der Waals surface area (Å²) < 4.78 is 1.63. The molecule has 0 spiro atoms. The van der Waals surface area contributed by atoms with Gasteiger partial charge in [0.05, 0.1) is 5.39 Å². The Kier molecular flexibility index (Phi) is 5.62. The predicted molar refractivity (Wildman–Crippen MR) is 115 cm³/mol. The number of aromatic nitrogens is 2. The van der Waals surface area contributed by atoms with Gasteiger partial charge in [0, 0.05) is 10.6 Å². The fourth-order valence-corrected chi connectivity index (χ4v) is 4.54. The zero-order chi connectivity index (χ0) is 19.7. The molecule has 1 amide bonds. The largest absolute Gasteiger partial charge is 0.324 e. The number of thiophene rings is 1. The molecule has 0 aliphatic heterocycles. The molecule has 3 aromatic rings. The minimum atomic E-state index is -0.722. The Hall–Kier alpha value is -2.25. The first kappa shape index (κ1) is 19.5. The van der Waals surface area contributed by atoms with Gasteiger partial charge in [0.25, 0.3) is 5.56 Å². The van der Waals surface area contributed by atoms with Crippen molar-refractivity contribution in [2.75, 3.05) is 5.32 Å². The topological polar surface area (TPSA) is 66.9 Å². The van der Waals surface area contributed by atoms with Crippen molar-refractivity contribution in [3.63, 3.8) is 0 Å². The van der Waals surface area contributed by atoms with Gasteiger partial charge in [0.15, 0.2) is 4.77 Å². The Balaban J connectivity index is 2.01. The quantitative estimate of drug-likeness (QED) is 0.606. The molecule has 3 rings (SSSR count). The maximum Gasteiger partial charge on any atom is 0.263 e. The highest BCUT2D eigenvalue weighted by Gasteiger charge is 2.21. The Morgan fingerprint density at radius 2 is 2.07 bits per heavy atom. The molecule has 0 radical (unpaired) electrons. The summed E-state index contributed by atoms with van der Waals surface area (Å²) in [6, 6.07) is 7.09. The molecule has 142 valence electrons. The number of anilines is 1. The number of rotatable bonds is 5. The second-order valence-corrected chi connectivity index (χ2v) is 8.07. The molecule has 0 saturated carbocycles. The fourth-order valence-electron chi connectivity index (χ4n) is 3.15. The van der Waals surface area contributed by atoms with E-state index in [1.807, 2.05) is 45.0 Å². The lowest BCUT2D eigenvalue weighted by atomic mass is 10.1. The van der Waals surface area contributed by atoms with Gasteiger partial charge in [-0.2, -0.15) is 0 Å². The van der Waals surface area contributed by atoms with Crippen LogP contribution in [0.2, 0.25) is 0 Å². The summed E-state index contributed by atoms with van der Waals surface area (Å²) in [6.45, 7) is 7.75. The number of para-hydroxylation sites is 1. The van der Waals surface area contributed by atoms with Crippen LogP contribution in [0.15, 0.2) is 29.1 Å². The molecular weight excluding hydrogens is 378 g/mol. The van der Waals surface area contributed by atoms with Crippen molar-refractivity contribution in [2.24, 2.45) is 0 Å². The summed E-state index contributed by atoms with van der Waals surface area (Å²) in [4.78, 5) is 30.8. The maximum absolute atomic E-state index is 13.0. The summed E-state index contributed by atoms with van der Waals surface area (Å²) in [6.07, 6.45) is 1.66. The SMILES string of the molecule is CCc1cc2c(=O)n(C(C)C(=O)Nc3c(C)cccc3CC)c(=S)[nH]c2s1. The number of nitrogens with zero attached hydrogens (tertiary/aromatic N) is 1. The molecule has 0 saturated heterocycles. The lowest BCUT2D eigenvalue weighted by Crippen LogP contribution is -2.33. The number of hydrogen-bond donors (Lipinski definition) is 2. The van der Waals surface area contributed by atoms with Gasteiger partial charge in [-0.1, -0.05) is 32.0 Å². The number of aromatic amines is 1. The number of hydrogen-bond acceptors (Lipinski definition) is 4. The van der Waals surface area contributed by atoms with Crippen molar-refractivity contribution in [1.29, 1.82) is 0 Å². The monoisotopic (exact) mass is 401 g/mol. The normalized spacial score (nSPS) is 12.3. The Morgan fingerprint density at radius 3 is 2.74 bits per heavy atom. The van der Waals surface area contributed by atoms with Gasteiger partial charge in [-0.05, 0) is 56.1 Å². The van der Waals surface area contributed by atoms with Crippen LogP contribution in [0.25, 0.3) is 10.2 Å². The van der Waals surface area contributed by atoms with E-state index < -0.39 is 6.04 Å². The molecule has 2 N–H and O–H groups in total. The number of benzene rings is 1. The van der Waals surface area contributed by atoms with Gasteiger partial charge >= 0.3 is 0 Å². The number of H-pyrrole nitrogens is 1. The molecular formula is C20H23N3O2S2. The van der Waals surface area contributed by atoms with Crippen LogP contribution in [0.1, 0.15) is 42.8 Å². The molecule has 0 fully saturated rings. The number of aryl methyl sites for hydroxylation is 3. The second kappa shape index (κ2) is 7.78. The Labute approximate surface area is 167 Å². The number of fused-ring (bicyclic) bond motifs is 1. The van der Waals surface area contributed by atoms with Gasteiger partial charge in [-0.3, -0.25) is 14.2 Å². The maximum atomic E-state index is 13.0. The standard InChI is InChI=1S/C20H23N3O2S2/c1-5-13-9-7-8-11(3)16(13)21-17(24)12(4)23-19(25)15-10-14(6-2)27-18(15)22-20(23)26/h7-10,12H,5-6H2,1-4H3,(H,21,24)(H,22,26). The number of carbonyl (C=O) groups is 1. The molecule has 0 bridgehead atoms. The highest BCUT2D eigenvalue weighted by molar-refractivity contribution is 7.71.